The summed E-state index contributed by atoms with van der Waals surface area (Å²) in [5.74, 6) is 2.29. The molecule has 2 saturated carbocycles. The van der Waals surface area contributed by atoms with Crippen LogP contribution in [-0.4, -0.2) is 16.8 Å². The average Bonchev–Trinajstić information content (AvgIpc) is 2.33. The molecule has 0 aromatic heterocycles. The second-order valence-electron chi connectivity index (χ2n) is 8.49. The van der Waals surface area contributed by atoms with Crippen molar-refractivity contribution in [3.8, 4) is 0 Å². The predicted octanol–water partition coefficient (Wildman–Crippen LogP) is 4.28. The van der Waals surface area contributed by atoms with Crippen LogP contribution in [0.15, 0.2) is 11.8 Å². The Kier molecular flexibility index (Phi) is 3.07. The van der Waals surface area contributed by atoms with Crippen LogP contribution < -0.4 is 0 Å². The normalized spacial score (nSPS) is 50.5. The van der Waals surface area contributed by atoms with Gasteiger partial charge < -0.3 is 9.84 Å². The Morgan fingerprint density at radius 3 is 2.50 bits per heavy atom. The number of aliphatic hydroxyl groups is 1. The molecule has 3 aliphatic rings. The number of aliphatic hydroxyl groups excluding tert-OH is 1. The molecule has 1 N–H and O–H groups in total. The van der Waals surface area contributed by atoms with Crippen LogP contribution >= 0.6 is 0 Å². The van der Waals surface area contributed by atoms with E-state index in [0.29, 0.717) is 17.3 Å². The quantitative estimate of drug-likeness (QED) is 0.716. The molecule has 0 amide bonds. The minimum Gasteiger partial charge on any atom is -0.492 e. The van der Waals surface area contributed by atoms with E-state index in [1.807, 2.05) is 0 Å². The third kappa shape index (κ3) is 1.80. The van der Waals surface area contributed by atoms with E-state index >= 15 is 0 Å². The predicted molar refractivity (Wildman–Crippen MR) is 81.2 cm³/mol. The molecule has 0 spiro atoms. The fourth-order valence-electron chi connectivity index (χ4n) is 5.83. The van der Waals surface area contributed by atoms with Gasteiger partial charge >= 0.3 is 0 Å². The molecular formula is C18H30O2. The highest BCUT2D eigenvalue weighted by atomic mass is 16.5. The molecule has 1 heterocycles. The number of hydrogen-bond donors (Lipinski definition) is 1. The lowest BCUT2D eigenvalue weighted by Crippen LogP contribution is -2.61. The third-order valence-electron chi connectivity index (χ3n) is 7.01. The van der Waals surface area contributed by atoms with E-state index < -0.39 is 0 Å². The van der Waals surface area contributed by atoms with Gasteiger partial charge in [-0.05, 0) is 68.8 Å². The van der Waals surface area contributed by atoms with E-state index in [4.69, 9.17) is 4.74 Å². The Balaban J connectivity index is 2.00. The molecule has 5 atom stereocenters. The highest BCUT2D eigenvalue weighted by Crippen LogP contribution is 2.64. The maximum atomic E-state index is 10.4. The fourth-order valence-corrected chi connectivity index (χ4v) is 5.83. The van der Waals surface area contributed by atoms with Crippen LogP contribution in [0.2, 0.25) is 0 Å². The van der Waals surface area contributed by atoms with Crippen molar-refractivity contribution in [3.05, 3.63) is 11.8 Å². The molecule has 20 heavy (non-hydrogen) atoms. The van der Waals surface area contributed by atoms with Gasteiger partial charge in [0.1, 0.15) is 5.60 Å². The van der Waals surface area contributed by atoms with E-state index in [2.05, 4.69) is 40.7 Å². The monoisotopic (exact) mass is 278 g/mol. The van der Waals surface area contributed by atoms with E-state index in [1.54, 1.807) is 0 Å². The van der Waals surface area contributed by atoms with Crippen molar-refractivity contribution in [1.82, 2.24) is 0 Å². The molecule has 3 rings (SSSR count). The van der Waals surface area contributed by atoms with Crippen LogP contribution in [-0.2, 0) is 4.74 Å². The first-order chi connectivity index (χ1) is 9.20. The van der Waals surface area contributed by atoms with E-state index in [9.17, 15) is 5.11 Å². The lowest BCUT2D eigenvalue weighted by molar-refractivity contribution is -0.204. The number of rotatable bonds is 0. The molecule has 2 fully saturated rings. The van der Waals surface area contributed by atoms with Crippen LogP contribution in [0.5, 0.6) is 0 Å². The van der Waals surface area contributed by atoms with Crippen molar-refractivity contribution < 1.29 is 9.84 Å². The van der Waals surface area contributed by atoms with Crippen molar-refractivity contribution in [2.24, 2.45) is 22.7 Å². The zero-order valence-corrected chi connectivity index (χ0v) is 13.7. The Morgan fingerprint density at radius 1 is 1.10 bits per heavy atom. The number of hydrogen-bond acceptors (Lipinski definition) is 2. The maximum Gasteiger partial charge on any atom is 0.109 e. The Morgan fingerprint density at radius 2 is 1.80 bits per heavy atom. The van der Waals surface area contributed by atoms with Gasteiger partial charge in [-0.1, -0.05) is 20.8 Å². The largest absolute Gasteiger partial charge is 0.492 e. The summed E-state index contributed by atoms with van der Waals surface area (Å²) in [5, 5.41) is 10.4. The average molecular weight is 278 g/mol. The molecule has 0 aromatic carbocycles. The molecule has 0 radical (unpaired) electrons. The first kappa shape index (κ1) is 14.4. The summed E-state index contributed by atoms with van der Waals surface area (Å²) in [5.41, 5.74) is 0.333. The molecule has 0 bridgehead atoms. The molecule has 2 aliphatic carbocycles. The second kappa shape index (κ2) is 4.25. The molecule has 114 valence electrons. The fraction of sp³-hybridized carbons (Fsp3) is 0.889. The lowest BCUT2D eigenvalue weighted by Gasteiger charge is -2.63. The maximum absolute atomic E-state index is 10.4. The molecule has 5 unspecified atom stereocenters. The van der Waals surface area contributed by atoms with E-state index in [-0.39, 0.29) is 17.1 Å². The summed E-state index contributed by atoms with van der Waals surface area (Å²) in [6.45, 7) is 11.4. The summed E-state index contributed by atoms with van der Waals surface area (Å²) in [6, 6.07) is 0. The first-order valence-corrected chi connectivity index (χ1v) is 8.24. The minimum atomic E-state index is -0.147. The standard InChI is InChI=1S/C18H30O2/c1-12-6-7-14-17(4)10-9-15(19)16(2,3)13(17)8-11-18(14,5)20-12/h6,13-15,19H,7-11H2,1-5H3. The minimum absolute atomic E-state index is 0.00244. The van der Waals surface area contributed by atoms with Gasteiger partial charge in [-0.25, -0.2) is 0 Å². The molecule has 0 aromatic rings. The lowest BCUT2D eigenvalue weighted by atomic mass is 9.44. The zero-order valence-electron chi connectivity index (χ0n) is 13.7. The van der Waals surface area contributed by atoms with Crippen LogP contribution in [0.4, 0.5) is 0 Å². The van der Waals surface area contributed by atoms with Gasteiger partial charge in [0.05, 0.1) is 11.9 Å². The Hall–Kier alpha value is -0.500. The first-order valence-electron chi connectivity index (χ1n) is 8.24. The molecule has 1 aliphatic heterocycles. The summed E-state index contributed by atoms with van der Waals surface area (Å²) in [4.78, 5) is 0. The topological polar surface area (TPSA) is 29.5 Å². The van der Waals surface area contributed by atoms with Gasteiger partial charge in [0, 0.05) is 5.92 Å². The molecular weight excluding hydrogens is 248 g/mol. The third-order valence-corrected chi connectivity index (χ3v) is 7.01. The number of ether oxygens (including phenoxy) is 1. The van der Waals surface area contributed by atoms with Gasteiger partial charge in [-0.2, -0.15) is 0 Å². The van der Waals surface area contributed by atoms with Crippen molar-refractivity contribution in [2.45, 2.75) is 78.4 Å². The van der Waals surface area contributed by atoms with Crippen molar-refractivity contribution >= 4 is 0 Å². The van der Waals surface area contributed by atoms with E-state index in [1.165, 1.54) is 6.42 Å². The molecule has 2 nitrogen and oxygen atoms in total. The summed E-state index contributed by atoms with van der Waals surface area (Å²) in [6.07, 6.45) is 7.65. The van der Waals surface area contributed by atoms with Crippen molar-refractivity contribution in [1.29, 1.82) is 0 Å². The van der Waals surface area contributed by atoms with Gasteiger partial charge in [-0.3, -0.25) is 0 Å². The van der Waals surface area contributed by atoms with Crippen LogP contribution in [0.25, 0.3) is 0 Å². The zero-order chi connectivity index (χ0) is 14.8. The highest BCUT2D eigenvalue weighted by molar-refractivity contribution is 5.15. The Bertz CT molecular complexity index is 439. The van der Waals surface area contributed by atoms with Gasteiger partial charge in [0.2, 0.25) is 0 Å². The van der Waals surface area contributed by atoms with Crippen LogP contribution in [0.3, 0.4) is 0 Å². The van der Waals surface area contributed by atoms with Gasteiger partial charge in [0.15, 0.2) is 0 Å². The van der Waals surface area contributed by atoms with Crippen LogP contribution in [0, 0.1) is 22.7 Å². The summed E-state index contributed by atoms with van der Waals surface area (Å²) in [7, 11) is 0. The molecule has 2 heteroatoms. The number of allylic oxidation sites excluding steroid dienone is 2. The summed E-state index contributed by atoms with van der Waals surface area (Å²) < 4.78 is 6.29. The van der Waals surface area contributed by atoms with Crippen LogP contribution in [0.1, 0.15) is 66.7 Å². The number of fused-ring (bicyclic) bond motifs is 3. The molecule has 0 saturated heterocycles. The Labute approximate surface area is 123 Å². The smallest absolute Gasteiger partial charge is 0.109 e. The second-order valence-corrected chi connectivity index (χ2v) is 8.49. The van der Waals surface area contributed by atoms with Crippen molar-refractivity contribution in [3.63, 3.8) is 0 Å². The SMILES string of the molecule is CC1=CCC2C(C)(CCC3C(C)(C)C(O)CCC23C)O1. The highest BCUT2D eigenvalue weighted by Gasteiger charge is 2.61. The summed E-state index contributed by atoms with van der Waals surface area (Å²) >= 11 is 0. The van der Waals surface area contributed by atoms with Gasteiger partial charge in [-0.15, -0.1) is 0 Å². The van der Waals surface area contributed by atoms with Gasteiger partial charge in [0.25, 0.3) is 0 Å². The van der Waals surface area contributed by atoms with E-state index in [0.717, 1.165) is 31.4 Å². The van der Waals surface area contributed by atoms with Crippen molar-refractivity contribution in [2.75, 3.05) is 0 Å².